The van der Waals surface area contributed by atoms with Crippen molar-refractivity contribution in [2.45, 2.75) is 90.5 Å². The average molecular weight is 971 g/mol. The standard InChI is InChI=1S/C25H30N8O3.C24H32N8O3/c1-25(2,3)36-24(34)31-11-9-19(10-12-31)33-15-17(13-28-33)29-23-26-14-21-22(30-23)32(16-27-21)18-5-7-20(35-4)8-6-18;1-24(2,3)35-23(33)31-11-9-18(10-12-31)32-15-17(13-27-32)29-22-26-14-20(25)21(30-22)28-16-5-7-19(34-4)8-6-16/h5-8,13-16,19H,9-12H2,1-4H3,(H,26,29,30);5-8,13-15,18H,9-12,25H2,1-4H3,(H2,26,28,29,30). The van der Waals surface area contributed by atoms with Crippen LogP contribution in [-0.2, 0) is 9.47 Å². The Morgan fingerprint density at radius 1 is 0.606 bits per heavy atom. The molecule has 22 heteroatoms. The first-order chi connectivity index (χ1) is 34.0. The van der Waals surface area contributed by atoms with Crippen LogP contribution >= 0.6 is 0 Å². The van der Waals surface area contributed by atoms with E-state index in [-0.39, 0.29) is 24.3 Å². The number of imidazole rings is 1. The van der Waals surface area contributed by atoms with Crippen LogP contribution in [0.2, 0.25) is 0 Å². The van der Waals surface area contributed by atoms with Gasteiger partial charge in [0.1, 0.15) is 34.5 Å². The van der Waals surface area contributed by atoms with Gasteiger partial charge in [0.2, 0.25) is 11.9 Å². The van der Waals surface area contributed by atoms with E-state index in [9.17, 15) is 9.59 Å². The molecule has 5 aromatic heterocycles. The molecule has 2 aromatic carbocycles. The summed E-state index contributed by atoms with van der Waals surface area (Å²) < 4.78 is 27.2. The molecule has 2 aliphatic rings. The quantitative estimate of drug-likeness (QED) is 0.0947. The Labute approximate surface area is 411 Å². The number of rotatable bonds is 11. The van der Waals surface area contributed by atoms with Crippen molar-refractivity contribution in [1.82, 2.24) is 58.8 Å². The molecule has 2 fully saturated rings. The highest BCUT2D eigenvalue weighted by Crippen LogP contribution is 2.29. The number of methoxy groups -OCH3 is 2. The van der Waals surface area contributed by atoms with Gasteiger partial charge < -0.3 is 50.4 Å². The maximum absolute atomic E-state index is 12.3. The summed E-state index contributed by atoms with van der Waals surface area (Å²) in [6.07, 6.45) is 15.0. The number of nitrogens with two attached hydrogens (primary N) is 1. The number of likely N-dealkylation sites (tertiary alicyclic amines) is 2. The molecule has 22 nitrogen and oxygen atoms in total. The van der Waals surface area contributed by atoms with Gasteiger partial charge in [-0.2, -0.15) is 20.2 Å². The molecule has 0 spiro atoms. The van der Waals surface area contributed by atoms with Crippen LogP contribution < -0.4 is 31.2 Å². The minimum atomic E-state index is -0.495. The second kappa shape index (κ2) is 21.2. The maximum atomic E-state index is 12.3. The Bertz CT molecular complexity index is 2890. The van der Waals surface area contributed by atoms with Crippen LogP contribution in [0.1, 0.15) is 79.3 Å². The van der Waals surface area contributed by atoms with E-state index in [0.717, 1.165) is 59.9 Å². The summed E-state index contributed by atoms with van der Waals surface area (Å²) in [5, 5.41) is 18.7. The molecule has 0 bridgehead atoms. The molecule has 5 N–H and O–H groups in total. The van der Waals surface area contributed by atoms with Crippen LogP contribution in [0, 0.1) is 0 Å². The molecule has 0 saturated carbocycles. The van der Waals surface area contributed by atoms with Crippen molar-refractivity contribution in [3.63, 3.8) is 0 Å². The first kappa shape index (κ1) is 49.3. The second-order valence-electron chi connectivity index (χ2n) is 19.1. The van der Waals surface area contributed by atoms with Crippen molar-refractivity contribution in [3.05, 3.63) is 92.0 Å². The number of hydrogen-bond acceptors (Lipinski definition) is 17. The van der Waals surface area contributed by atoms with E-state index in [1.807, 2.05) is 116 Å². The van der Waals surface area contributed by atoms with Crippen LogP contribution in [0.25, 0.3) is 16.9 Å². The molecule has 71 heavy (non-hydrogen) atoms. The molecule has 0 unspecified atom stereocenters. The van der Waals surface area contributed by atoms with E-state index >= 15 is 0 Å². The van der Waals surface area contributed by atoms with Crippen LogP contribution in [0.4, 0.5) is 50.1 Å². The molecule has 7 aromatic rings. The lowest BCUT2D eigenvalue weighted by Gasteiger charge is -2.33. The van der Waals surface area contributed by atoms with Gasteiger partial charge in [0.25, 0.3) is 0 Å². The normalized spacial score (nSPS) is 14.6. The van der Waals surface area contributed by atoms with Crippen LogP contribution in [0.15, 0.2) is 92.0 Å². The van der Waals surface area contributed by atoms with Crippen molar-refractivity contribution in [2.24, 2.45) is 0 Å². The Morgan fingerprint density at radius 3 is 1.58 bits per heavy atom. The number of piperidine rings is 2. The van der Waals surface area contributed by atoms with Gasteiger partial charge in [-0.05, 0) is 116 Å². The van der Waals surface area contributed by atoms with Crippen molar-refractivity contribution < 1.29 is 28.5 Å². The van der Waals surface area contributed by atoms with E-state index in [0.29, 0.717) is 60.7 Å². The summed E-state index contributed by atoms with van der Waals surface area (Å²) in [6.45, 7) is 13.8. The van der Waals surface area contributed by atoms with Crippen molar-refractivity contribution in [3.8, 4) is 17.2 Å². The van der Waals surface area contributed by atoms with Gasteiger partial charge in [0, 0.05) is 49.9 Å². The predicted molar refractivity (Wildman–Crippen MR) is 269 cm³/mol. The van der Waals surface area contributed by atoms with Crippen LogP contribution in [0.3, 0.4) is 0 Å². The van der Waals surface area contributed by atoms with Crippen molar-refractivity contribution in [2.75, 3.05) is 62.1 Å². The highest BCUT2D eigenvalue weighted by Gasteiger charge is 2.29. The number of benzene rings is 2. The minimum absolute atomic E-state index is 0.198. The predicted octanol–water partition coefficient (Wildman–Crippen LogP) is 8.66. The number of anilines is 7. The van der Waals surface area contributed by atoms with Gasteiger partial charge in [-0.3, -0.25) is 13.9 Å². The van der Waals surface area contributed by atoms with E-state index in [1.165, 1.54) is 0 Å². The van der Waals surface area contributed by atoms with Gasteiger partial charge >= 0.3 is 12.2 Å². The number of fused-ring (bicyclic) bond motifs is 1. The fraction of sp³-hybridized carbons (Fsp3) is 0.408. The number of hydrogen-bond donors (Lipinski definition) is 4. The highest BCUT2D eigenvalue weighted by molar-refractivity contribution is 5.74. The fourth-order valence-corrected chi connectivity index (χ4v) is 7.91. The molecule has 0 radical (unpaired) electrons. The fourth-order valence-electron chi connectivity index (χ4n) is 7.91. The van der Waals surface area contributed by atoms with Crippen molar-refractivity contribution >= 4 is 63.8 Å². The topological polar surface area (TPSA) is 245 Å². The van der Waals surface area contributed by atoms with Gasteiger partial charge in [0.05, 0.1) is 68.2 Å². The Hall–Kier alpha value is -8.17. The molecule has 7 heterocycles. The molecular formula is C49H62N16O6. The van der Waals surface area contributed by atoms with Gasteiger partial charge in [-0.15, -0.1) is 0 Å². The number of nitrogens with one attached hydrogen (secondary N) is 3. The van der Waals surface area contributed by atoms with Gasteiger partial charge in [-0.1, -0.05) is 0 Å². The lowest BCUT2D eigenvalue weighted by molar-refractivity contribution is 0.0174. The number of nitrogen functional groups attached to an aromatic ring is 1. The molecule has 2 aliphatic heterocycles. The second-order valence-corrected chi connectivity index (χ2v) is 19.1. The molecule has 0 atom stereocenters. The summed E-state index contributed by atoms with van der Waals surface area (Å²) in [5.41, 5.74) is 10.2. The number of amides is 2. The molecular weight excluding hydrogens is 909 g/mol. The average Bonchev–Trinajstić information content (AvgIpc) is 4.13. The number of ether oxygens (including phenoxy) is 4. The van der Waals surface area contributed by atoms with E-state index in [2.05, 4.69) is 51.1 Å². The molecule has 0 aliphatic carbocycles. The molecule has 2 amide bonds. The summed E-state index contributed by atoms with van der Waals surface area (Å²) in [4.78, 5) is 50.4. The third-order valence-corrected chi connectivity index (χ3v) is 11.5. The number of nitrogens with zero attached hydrogens (tertiary/aromatic N) is 12. The molecule has 374 valence electrons. The summed E-state index contributed by atoms with van der Waals surface area (Å²) in [6, 6.07) is 15.6. The number of aromatic nitrogens is 10. The van der Waals surface area contributed by atoms with Crippen molar-refractivity contribution in [1.29, 1.82) is 0 Å². The number of carbonyl (C=O) groups is 2. The smallest absolute Gasteiger partial charge is 0.410 e. The first-order valence-corrected chi connectivity index (χ1v) is 23.5. The summed E-state index contributed by atoms with van der Waals surface area (Å²) in [5.74, 6) is 2.90. The molecule has 2 saturated heterocycles. The van der Waals surface area contributed by atoms with Crippen LogP contribution in [-0.4, -0.2) is 123 Å². The van der Waals surface area contributed by atoms with E-state index in [4.69, 9.17) is 24.7 Å². The lowest BCUT2D eigenvalue weighted by atomic mass is 10.1. The van der Waals surface area contributed by atoms with Gasteiger partial charge in [0.15, 0.2) is 11.5 Å². The zero-order valence-electron chi connectivity index (χ0n) is 41.4. The summed E-state index contributed by atoms with van der Waals surface area (Å²) >= 11 is 0. The molecule has 9 rings (SSSR count). The first-order valence-electron chi connectivity index (χ1n) is 23.5. The zero-order valence-corrected chi connectivity index (χ0v) is 41.4. The third kappa shape index (κ3) is 12.9. The Morgan fingerprint density at radius 2 is 1.08 bits per heavy atom. The summed E-state index contributed by atoms with van der Waals surface area (Å²) in [7, 11) is 3.26. The Balaban J connectivity index is 0.000000191. The van der Waals surface area contributed by atoms with Gasteiger partial charge in [-0.25, -0.2) is 24.5 Å². The lowest BCUT2D eigenvalue weighted by Crippen LogP contribution is -2.42. The maximum Gasteiger partial charge on any atom is 0.410 e. The third-order valence-electron chi connectivity index (χ3n) is 11.5. The Kier molecular flexibility index (Phi) is 14.7. The van der Waals surface area contributed by atoms with E-state index < -0.39 is 11.2 Å². The SMILES string of the molecule is COc1ccc(-n2cnc3cnc(Nc4cnn(C5CCN(C(=O)OC(C)(C)C)CC5)c4)nc32)cc1.COc1ccc(Nc2nc(Nc3cnn(C4CCN(C(=O)OC(C)(C)C)CC4)c3)ncc2N)cc1. The number of carbonyl (C=O) groups excluding carboxylic acids is 2. The minimum Gasteiger partial charge on any atom is -0.497 e. The van der Waals surface area contributed by atoms with E-state index in [1.54, 1.807) is 55.1 Å². The highest BCUT2D eigenvalue weighted by atomic mass is 16.6. The monoisotopic (exact) mass is 971 g/mol. The largest absolute Gasteiger partial charge is 0.497 e. The zero-order chi connectivity index (χ0) is 50.3. The van der Waals surface area contributed by atoms with Crippen LogP contribution in [0.5, 0.6) is 11.5 Å².